The molecule has 1 atom stereocenters. The van der Waals surface area contributed by atoms with E-state index in [9.17, 15) is 0 Å². The van der Waals surface area contributed by atoms with E-state index in [2.05, 4.69) is 20.3 Å². The fourth-order valence-electron chi connectivity index (χ4n) is 1.45. The van der Waals surface area contributed by atoms with Crippen LogP contribution in [-0.4, -0.2) is 29.5 Å². The van der Waals surface area contributed by atoms with Crippen LogP contribution in [-0.2, 0) is 4.74 Å². The SMILES string of the molecule is S=C(NCC1CCCO1)Nc1ccon1. The minimum atomic E-state index is 0.280. The maximum absolute atomic E-state index is 5.45. The number of thiocarbonyl (C=S) groups is 1. The van der Waals surface area contributed by atoms with Gasteiger partial charge in [-0.05, 0) is 25.1 Å². The first-order chi connectivity index (χ1) is 7.34. The number of hydrogen-bond acceptors (Lipinski definition) is 4. The average molecular weight is 227 g/mol. The van der Waals surface area contributed by atoms with Crippen molar-refractivity contribution in [2.75, 3.05) is 18.5 Å². The van der Waals surface area contributed by atoms with Crippen molar-refractivity contribution in [2.24, 2.45) is 0 Å². The van der Waals surface area contributed by atoms with Crippen LogP contribution < -0.4 is 10.6 Å². The molecule has 82 valence electrons. The highest BCUT2D eigenvalue weighted by Gasteiger charge is 2.15. The van der Waals surface area contributed by atoms with Gasteiger partial charge in [0.25, 0.3) is 0 Å². The van der Waals surface area contributed by atoms with Gasteiger partial charge in [0, 0.05) is 19.2 Å². The Balaban J connectivity index is 1.68. The van der Waals surface area contributed by atoms with E-state index < -0.39 is 0 Å². The van der Waals surface area contributed by atoms with Crippen molar-refractivity contribution in [3.05, 3.63) is 12.3 Å². The van der Waals surface area contributed by atoms with Gasteiger partial charge in [-0.2, -0.15) is 0 Å². The zero-order valence-corrected chi connectivity index (χ0v) is 9.05. The summed E-state index contributed by atoms with van der Waals surface area (Å²) in [7, 11) is 0. The highest BCUT2D eigenvalue weighted by Crippen LogP contribution is 2.10. The number of hydrogen-bond donors (Lipinski definition) is 2. The lowest BCUT2D eigenvalue weighted by molar-refractivity contribution is 0.114. The highest BCUT2D eigenvalue weighted by atomic mass is 32.1. The maximum atomic E-state index is 5.45. The van der Waals surface area contributed by atoms with Gasteiger partial charge >= 0.3 is 0 Å². The van der Waals surface area contributed by atoms with Gasteiger partial charge in [-0.1, -0.05) is 5.16 Å². The molecule has 1 aromatic rings. The van der Waals surface area contributed by atoms with E-state index in [0.717, 1.165) is 26.0 Å². The largest absolute Gasteiger partial charge is 0.376 e. The monoisotopic (exact) mass is 227 g/mol. The van der Waals surface area contributed by atoms with Crippen LogP contribution in [0, 0.1) is 0 Å². The molecule has 0 bridgehead atoms. The summed E-state index contributed by atoms with van der Waals surface area (Å²) < 4.78 is 10.1. The number of nitrogens with zero attached hydrogens (tertiary/aromatic N) is 1. The maximum Gasteiger partial charge on any atom is 0.175 e. The molecule has 5 nitrogen and oxygen atoms in total. The first-order valence-electron chi connectivity index (χ1n) is 4.91. The zero-order valence-electron chi connectivity index (χ0n) is 8.23. The molecular weight excluding hydrogens is 214 g/mol. The van der Waals surface area contributed by atoms with Crippen LogP contribution in [0.5, 0.6) is 0 Å². The van der Waals surface area contributed by atoms with Crippen molar-refractivity contribution >= 4 is 23.1 Å². The molecule has 1 unspecified atom stereocenters. The third-order valence-electron chi connectivity index (χ3n) is 2.19. The molecule has 0 saturated carbocycles. The van der Waals surface area contributed by atoms with Crippen molar-refractivity contribution in [1.29, 1.82) is 0 Å². The quantitative estimate of drug-likeness (QED) is 0.755. The molecule has 1 fully saturated rings. The van der Waals surface area contributed by atoms with Crippen molar-refractivity contribution < 1.29 is 9.26 Å². The number of nitrogens with one attached hydrogen (secondary N) is 2. The molecule has 0 spiro atoms. The standard InChI is InChI=1S/C9H13N3O2S/c15-9(11-8-3-5-14-12-8)10-6-7-2-1-4-13-7/h3,5,7H,1-2,4,6H2,(H2,10,11,12,15). The first kappa shape index (κ1) is 10.4. The Morgan fingerprint density at radius 1 is 1.67 bits per heavy atom. The summed E-state index contributed by atoms with van der Waals surface area (Å²) in [6, 6.07) is 1.71. The third-order valence-corrected chi connectivity index (χ3v) is 2.44. The van der Waals surface area contributed by atoms with E-state index in [1.807, 2.05) is 0 Å². The average Bonchev–Trinajstić information content (AvgIpc) is 2.86. The van der Waals surface area contributed by atoms with Crippen LogP contribution >= 0.6 is 12.2 Å². The van der Waals surface area contributed by atoms with E-state index >= 15 is 0 Å². The fourth-order valence-corrected chi connectivity index (χ4v) is 1.64. The van der Waals surface area contributed by atoms with Crippen LogP contribution in [0.25, 0.3) is 0 Å². The molecule has 2 rings (SSSR count). The molecule has 2 heterocycles. The molecule has 6 heteroatoms. The molecule has 1 aromatic heterocycles. The molecule has 1 saturated heterocycles. The Kier molecular flexibility index (Phi) is 3.52. The molecule has 2 N–H and O–H groups in total. The molecule has 15 heavy (non-hydrogen) atoms. The van der Waals surface area contributed by atoms with E-state index in [1.54, 1.807) is 6.07 Å². The smallest absolute Gasteiger partial charge is 0.175 e. The summed E-state index contributed by atoms with van der Waals surface area (Å²) in [5, 5.41) is 10.2. The fraction of sp³-hybridized carbons (Fsp3) is 0.556. The summed E-state index contributed by atoms with van der Waals surface area (Å²) in [6.45, 7) is 1.60. The van der Waals surface area contributed by atoms with Crippen molar-refractivity contribution in [3.63, 3.8) is 0 Å². The lowest BCUT2D eigenvalue weighted by atomic mass is 10.2. The topological polar surface area (TPSA) is 59.3 Å². The molecule has 0 aliphatic carbocycles. The van der Waals surface area contributed by atoms with Gasteiger partial charge < -0.3 is 19.9 Å². The predicted octanol–water partition coefficient (Wildman–Crippen LogP) is 1.14. The van der Waals surface area contributed by atoms with Crippen LogP contribution in [0.3, 0.4) is 0 Å². The van der Waals surface area contributed by atoms with Gasteiger partial charge in [0.2, 0.25) is 0 Å². The Bertz CT molecular complexity index is 309. The summed E-state index contributed by atoms with van der Waals surface area (Å²) >= 11 is 5.08. The van der Waals surface area contributed by atoms with Crippen LogP contribution in [0.2, 0.25) is 0 Å². The first-order valence-corrected chi connectivity index (χ1v) is 5.32. The lowest BCUT2D eigenvalue weighted by Gasteiger charge is -2.12. The highest BCUT2D eigenvalue weighted by molar-refractivity contribution is 7.80. The summed E-state index contributed by atoms with van der Waals surface area (Å²) in [6.07, 6.45) is 4.00. The second-order valence-electron chi connectivity index (χ2n) is 3.35. The molecule has 1 aliphatic rings. The van der Waals surface area contributed by atoms with Gasteiger partial charge in [0.15, 0.2) is 10.9 Å². The van der Waals surface area contributed by atoms with Crippen molar-refractivity contribution in [1.82, 2.24) is 10.5 Å². The molecule has 1 aliphatic heterocycles. The Hall–Kier alpha value is -1.14. The minimum Gasteiger partial charge on any atom is -0.376 e. The Morgan fingerprint density at radius 3 is 3.27 bits per heavy atom. The number of anilines is 1. The Morgan fingerprint density at radius 2 is 2.60 bits per heavy atom. The second-order valence-corrected chi connectivity index (χ2v) is 3.76. The minimum absolute atomic E-state index is 0.280. The summed E-state index contributed by atoms with van der Waals surface area (Å²) in [5.41, 5.74) is 0. The summed E-state index contributed by atoms with van der Waals surface area (Å²) in [4.78, 5) is 0. The zero-order chi connectivity index (χ0) is 10.5. The second kappa shape index (κ2) is 5.09. The van der Waals surface area contributed by atoms with Crippen molar-refractivity contribution in [3.8, 4) is 0 Å². The Labute approximate surface area is 93.2 Å². The van der Waals surface area contributed by atoms with E-state index in [1.165, 1.54) is 6.26 Å². The molecular formula is C9H13N3O2S. The van der Waals surface area contributed by atoms with E-state index in [-0.39, 0.29) is 6.10 Å². The lowest BCUT2D eigenvalue weighted by Crippen LogP contribution is -2.34. The normalized spacial score (nSPS) is 20.1. The number of rotatable bonds is 3. The summed E-state index contributed by atoms with van der Waals surface area (Å²) in [5.74, 6) is 0.611. The van der Waals surface area contributed by atoms with E-state index in [4.69, 9.17) is 17.0 Å². The predicted molar refractivity (Wildman–Crippen MR) is 59.7 cm³/mol. The third kappa shape index (κ3) is 3.17. The molecule has 0 radical (unpaired) electrons. The van der Waals surface area contributed by atoms with Gasteiger partial charge in [0.05, 0.1) is 6.10 Å². The molecule has 0 aromatic carbocycles. The van der Waals surface area contributed by atoms with Crippen LogP contribution in [0.4, 0.5) is 5.82 Å². The number of ether oxygens (including phenoxy) is 1. The van der Waals surface area contributed by atoms with Crippen LogP contribution in [0.15, 0.2) is 16.9 Å². The van der Waals surface area contributed by atoms with Gasteiger partial charge in [0.1, 0.15) is 6.26 Å². The van der Waals surface area contributed by atoms with Gasteiger partial charge in [-0.15, -0.1) is 0 Å². The van der Waals surface area contributed by atoms with Gasteiger partial charge in [-0.3, -0.25) is 0 Å². The number of aromatic nitrogens is 1. The van der Waals surface area contributed by atoms with Crippen molar-refractivity contribution in [2.45, 2.75) is 18.9 Å². The molecule has 0 amide bonds. The van der Waals surface area contributed by atoms with E-state index in [0.29, 0.717) is 10.9 Å². The van der Waals surface area contributed by atoms with Crippen LogP contribution in [0.1, 0.15) is 12.8 Å². The van der Waals surface area contributed by atoms with Gasteiger partial charge in [-0.25, -0.2) is 0 Å².